The van der Waals surface area contributed by atoms with Crippen LogP contribution < -0.4 is 0 Å². The van der Waals surface area contributed by atoms with E-state index in [1.54, 1.807) is 0 Å². The van der Waals surface area contributed by atoms with E-state index in [-0.39, 0.29) is 5.92 Å². The minimum absolute atomic E-state index is 0.223. The molecule has 0 amide bonds. The molecule has 0 saturated carbocycles. The van der Waals surface area contributed by atoms with Crippen LogP contribution in [-0.2, 0) is 0 Å². The Morgan fingerprint density at radius 2 is 2.15 bits per heavy atom. The second kappa shape index (κ2) is 3.90. The van der Waals surface area contributed by atoms with E-state index in [0.29, 0.717) is 17.7 Å². The van der Waals surface area contributed by atoms with Gasteiger partial charge in [-0.3, -0.25) is 10.8 Å². The molecule has 3 heteroatoms. The van der Waals surface area contributed by atoms with Crippen molar-refractivity contribution in [1.82, 2.24) is 4.90 Å². The lowest BCUT2D eigenvalue weighted by atomic mass is 10.0. The average molecular weight is 181 g/mol. The summed E-state index contributed by atoms with van der Waals surface area (Å²) < 4.78 is 0. The minimum Gasteiger partial charge on any atom is -0.316 e. The van der Waals surface area contributed by atoms with Gasteiger partial charge in [0, 0.05) is 18.4 Å². The van der Waals surface area contributed by atoms with Gasteiger partial charge in [-0.25, -0.2) is 0 Å². The van der Waals surface area contributed by atoms with Gasteiger partial charge in [0.2, 0.25) is 0 Å². The Labute approximate surface area is 80.1 Å². The van der Waals surface area contributed by atoms with Gasteiger partial charge < -0.3 is 4.90 Å². The van der Waals surface area contributed by atoms with Gasteiger partial charge in [-0.05, 0) is 19.8 Å². The molecule has 1 aliphatic rings. The van der Waals surface area contributed by atoms with Crippen molar-refractivity contribution in [3.63, 3.8) is 0 Å². The largest absolute Gasteiger partial charge is 0.316 e. The van der Waals surface area contributed by atoms with E-state index in [2.05, 4.69) is 6.92 Å². The van der Waals surface area contributed by atoms with Crippen LogP contribution in [-0.4, -0.2) is 22.6 Å². The van der Waals surface area contributed by atoms with Crippen LogP contribution >= 0.6 is 0 Å². The number of rotatable bonds is 1. The molecular weight excluding hydrogens is 162 g/mol. The number of nitrogens with one attached hydrogen (secondary N) is 2. The Balaban J connectivity index is 2.74. The number of hydrogen-bond acceptors (Lipinski definition) is 2. The molecule has 2 N–H and O–H groups in total. The highest BCUT2D eigenvalue weighted by molar-refractivity contribution is 5.99. The molecule has 0 aliphatic carbocycles. The molecule has 0 radical (unpaired) electrons. The predicted octanol–water partition coefficient (Wildman–Crippen LogP) is 2.47. The lowest BCUT2D eigenvalue weighted by molar-refractivity contribution is 0.371. The van der Waals surface area contributed by atoms with Gasteiger partial charge in [0.15, 0.2) is 0 Å². The molecule has 0 aromatic carbocycles. The van der Waals surface area contributed by atoms with Crippen LogP contribution in [0.2, 0.25) is 0 Å². The molecule has 3 nitrogen and oxygen atoms in total. The molecule has 0 aromatic heterocycles. The Bertz CT molecular complexity index is 220. The average Bonchev–Trinajstić information content (AvgIpc) is 2.03. The molecule has 1 heterocycles. The third-order valence-corrected chi connectivity index (χ3v) is 2.57. The summed E-state index contributed by atoms with van der Waals surface area (Å²) in [6, 6.07) is 0.344. The first-order valence-corrected chi connectivity index (χ1v) is 4.99. The maximum Gasteiger partial charge on any atom is 0.104 e. The summed E-state index contributed by atoms with van der Waals surface area (Å²) >= 11 is 0. The summed E-state index contributed by atoms with van der Waals surface area (Å²) in [5.41, 5.74) is 0. The molecule has 1 aliphatic heterocycles. The summed E-state index contributed by atoms with van der Waals surface area (Å²) in [4.78, 5) is 1.88. The molecule has 1 saturated heterocycles. The van der Waals surface area contributed by atoms with Crippen molar-refractivity contribution >= 4 is 11.7 Å². The number of amidine groups is 2. The first kappa shape index (κ1) is 10.2. The zero-order chi connectivity index (χ0) is 10.0. The topological polar surface area (TPSA) is 50.9 Å². The molecule has 74 valence electrons. The van der Waals surface area contributed by atoms with Crippen molar-refractivity contribution in [3.8, 4) is 0 Å². The van der Waals surface area contributed by atoms with Gasteiger partial charge in [-0.2, -0.15) is 0 Å². The fourth-order valence-electron chi connectivity index (χ4n) is 1.74. The SMILES string of the molecule is CC(C)C(=N)N1C(=N)CCCC1C. The smallest absolute Gasteiger partial charge is 0.104 e. The van der Waals surface area contributed by atoms with E-state index in [0.717, 1.165) is 19.3 Å². The Hall–Kier alpha value is -0.860. The molecule has 1 unspecified atom stereocenters. The van der Waals surface area contributed by atoms with Crippen molar-refractivity contribution < 1.29 is 0 Å². The molecule has 0 aromatic rings. The van der Waals surface area contributed by atoms with Crippen LogP contribution in [0.3, 0.4) is 0 Å². The molecule has 1 fully saturated rings. The molecular formula is C10H19N3. The van der Waals surface area contributed by atoms with E-state index in [4.69, 9.17) is 10.8 Å². The Morgan fingerprint density at radius 3 is 2.62 bits per heavy atom. The molecule has 1 atom stereocenters. The zero-order valence-corrected chi connectivity index (χ0v) is 8.72. The lowest BCUT2D eigenvalue weighted by Gasteiger charge is -2.36. The summed E-state index contributed by atoms with van der Waals surface area (Å²) in [5.74, 6) is 1.44. The first-order chi connectivity index (χ1) is 6.04. The van der Waals surface area contributed by atoms with Crippen molar-refractivity contribution in [2.24, 2.45) is 5.92 Å². The number of nitrogens with zero attached hydrogens (tertiary/aromatic N) is 1. The van der Waals surface area contributed by atoms with E-state index >= 15 is 0 Å². The fourth-order valence-corrected chi connectivity index (χ4v) is 1.74. The van der Waals surface area contributed by atoms with E-state index < -0.39 is 0 Å². The molecule has 13 heavy (non-hydrogen) atoms. The van der Waals surface area contributed by atoms with Gasteiger partial charge in [0.05, 0.1) is 0 Å². The van der Waals surface area contributed by atoms with Crippen molar-refractivity contribution in [2.75, 3.05) is 0 Å². The van der Waals surface area contributed by atoms with Crippen molar-refractivity contribution in [3.05, 3.63) is 0 Å². The molecule has 1 rings (SSSR count). The van der Waals surface area contributed by atoms with Crippen molar-refractivity contribution in [1.29, 1.82) is 10.8 Å². The number of hydrogen-bond donors (Lipinski definition) is 2. The summed E-state index contributed by atoms with van der Waals surface area (Å²) in [6.07, 6.45) is 3.04. The van der Waals surface area contributed by atoms with E-state index in [1.807, 2.05) is 18.7 Å². The standard InChI is InChI=1S/C10H19N3/c1-7(2)10(12)13-8(3)5-4-6-9(13)11/h7-8,11-12H,4-6H2,1-3H3. The highest BCUT2D eigenvalue weighted by Crippen LogP contribution is 2.20. The van der Waals surface area contributed by atoms with Crippen LogP contribution in [0.4, 0.5) is 0 Å². The number of likely N-dealkylation sites (tertiary alicyclic amines) is 1. The van der Waals surface area contributed by atoms with Crippen LogP contribution in [0.1, 0.15) is 40.0 Å². The highest BCUT2D eigenvalue weighted by atomic mass is 15.2. The van der Waals surface area contributed by atoms with E-state index in [1.165, 1.54) is 0 Å². The van der Waals surface area contributed by atoms with Crippen LogP contribution in [0.25, 0.3) is 0 Å². The monoisotopic (exact) mass is 181 g/mol. The Morgan fingerprint density at radius 1 is 1.54 bits per heavy atom. The number of piperidine rings is 1. The Kier molecular flexibility index (Phi) is 3.07. The van der Waals surface area contributed by atoms with Crippen LogP contribution in [0.15, 0.2) is 0 Å². The second-order valence-electron chi connectivity index (χ2n) is 4.10. The van der Waals surface area contributed by atoms with Gasteiger partial charge in [0.25, 0.3) is 0 Å². The van der Waals surface area contributed by atoms with Gasteiger partial charge in [0.1, 0.15) is 11.7 Å². The summed E-state index contributed by atoms with van der Waals surface area (Å²) in [7, 11) is 0. The van der Waals surface area contributed by atoms with Gasteiger partial charge >= 0.3 is 0 Å². The summed E-state index contributed by atoms with van der Waals surface area (Å²) in [5, 5.41) is 15.7. The maximum absolute atomic E-state index is 7.88. The third kappa shape index (κ3) is 2.08. The molecule has 0 spiro atoms. The fraction of sp³-hybridized carbons (Fsp3) is 0.800. The van der Waals surface area contributed by atoms with Crippen LogP contribution in [0.5, 0.6) is 0 Å². The van der Waals surface area contributed by atoms with Crippen molar-refractivity contribution in [2.45, 2.75) is 46.1 Å². The second-order valence-corrected chi connectivity index (χ2v) is 4.10. The highest BCUT2D eigenvalue weighted by Gasteiger charge is 2.26. The molecule has 0 bridgehead atoms. The quantitative estimate of drug-likeness (QED) is 0.474. The van der Waals surface area contributed by atoms with Crippen LogP contribution in [0, 0.1) is 16.7 Å². The zero-order valence-electron chi connectivity index (χ0n) is 8.72. The van der Waals surface area contributed by atoms with E-state index in [9.17, 15) is 0 Å². The van der Waals surface area contributed by atoms with Gasteiger partial charge in [-0.15, -0.1) is 0 Å². The van der Waals surface area contributed by atoms with Gasteiger partial charge in [-0.1, -0.05) is 13.8 Å². The summed E-state index contributed by atoms with van der Waals surface area (Å²) in [6.45, 7) is 6.12. The normalized spacial score (nSPS) is 23.8. The first-order valence-electron chi connectivity index (χ1n) is 4.99. The lowest BCUT2D eigenvalue weighted by Crippen LogP contribution is -2.47. The third-order valence-electron chi connectivity index (χ3n) is 2.57. The maximum atomic E-state index is 7.88. The predicted molar refractivity (Wildman–Crippen MR) is 55.4 cm³/mol. The minimum atomic E-state index is 0.223.